The van der Waals surface area contributed by atoms with Gasteiger partial charge < -0.3 is 19.0 Å². The molecule has 0 spiro atoms. The van der Waals surface area contributed by atoms with E-state index >= 15 is 0 Å². The molecule has 26 heavy (non-hydrogen) atoms. The summed E-state index contributed by atoms with van der Waals surface area (Å²) in [4.78, 5) is 24.5. The Bertz CT molecular complexity index is 947. The van der Waals surface area contributed by atoms with E-state index in [-0.39, 0.29) is 30.4 Å². The van der Waals surface area contributed by atoms with Gasteiger partial charge in [0.1, 0.15) is 23.9 Å². The molecule has 1 amide bonds. The van der Waals surface area contributed by atoms with Crippen LogP contribution >= 0.6 is 0 Å². The number of nitrogens with zero attached hydrogens (tertiary/aromatic N) is 1. The van der Waals surface area contributed by atoms with E-state index in [2.05, 4.69) is 5.32 Å². The molecule has 0 aliphatic carbocycles. The van der Waals surface area contributed by atoms with Crippen LogP contribution in [0.4, 0.5) is 4.39 Å². The number of nitrogens with one attached hydrogen (secondary N) is 1. The van der Waals surface area contributed by atoms with Crippen LogP contribution in [0, 0.1) is 5.82 Å². The van der Waals surface area contributed by atoms with Gasteiger partial charge in [0.05, 0.1) is 19.0 Å². The number of furan rings is 1. The summed E-state index contributed by atoms with van der Waals surface area (Å²) in [5, 5.41) is 2.68. The molecule has 0 atom stereocenters. The standard InChI is InChI=1S/C19H17FN2O4/c1-22-11-18(26-12-13-4-6-14(20)7-5-13)17(23)9-16(22)19(24)21-10-15-3-2-8-25-15/h2-9,11H,10,12H2,1H3,(H,21,24). The molecular weight excluding hydrogens is 339 g/mol. The number of pyridine rings is 1. The second-order valence-electron chi connectivity index (χ2n) is 5.68. The minimum absolute atomic E-state index is 0.111. The van der Waals surface area contributed by atoms with Gasteiger partial charge in [-0.3, -0.25) is 9.59 Å². The first-order valence-corrected chi connectivity index (χ1v) is 7.91. The average Bonchev–Trinajstić information content (AvgIpc) is 3.15. The number of aromatic nitrogens is 1. The zero-order chi connectivity index (χ0) is 18.5. The number of hydrogen-bond donors (Lipinski definition) is 1. The summed E-state index contributed by atoms with van der Waals surface area (Å²) in [5.74, 6) is -0.0114. The predicted octanol–water partition coefficient (Wildman–Crippen LogP) is 2.63. The number of carbonyl (C=O) groups excluding carboxylic acids is 1. The van der Waals surface area contributed by atoms with E-state index in [1.54, 1.807) is 31.3 Å². The molecule has 0 saturated carbocycles. The number of halogens is 1. The van der Waals surface area contributed by atoms with Crippen LogP contribution in [0.1, 0.15) is 21.8 Å². The van der Waals surface area contributed by atoms with E-state index < -0.39 is 11.3 Å². The van der Waals surface area contributed by atoms with Gasteiger partial charge in [0.15, 0.2) is 5.75 Å². The maximum atomic E-state index is 12.9. The number of hydrogen-bond acceptors (Lipinski definition) is 4. The number of rotatable bonds is 6. The lowest BCUT2D eigenvalue weighted by atomic mass is 10.2. The van der Waals surface area contributed by atoms with Gasteiger partial charge in [0.25, 0.3) is 5.91 Å². The van der Waals surface area contributed by atoms with Gasteiger partial charge in [0, 0.05) is 13.1 Å². The van der Waals surface area contributed by atoms with Gasteiger partial charge in [-0.05, 0) is 29.8 Å². The Morgan fingerprint density at radius 1 is 1.27 bits per heavy atom. The molecule has 1 aromatic carbocycles. The first-order valence-electron chi connectivity index (χ1n) is 7.91. The zero-order valence-corrected chi connectivity index (χ0v) is 14.1. The van der Waals surface area contributed by atoms with Crippen molar-refractivity contribution in [2.45, 2.75) is 13.2 Å². The maximum absolute atomic E-state index is 12.9. The predicted molar refractivity (Wildman–Crippen MR) is 92.3 cm³/mol. The number of carbonyl (C=O) groups is 1. The molecule has 0 bridgehead atoms. The number of aryl methyl sites for hydroxylation is 1. The topological polar surface area (TPSA) is 73.5 Å². The van der Waals surface area contributed by atoms with Gasteiger partial charge in [-0.1, -0.05) is 12.1 Å². The van der Waals surface area contributed by atoms with Crippen molar-refractivity contribution in [3.8, 4) is 5.75 Å². The van der Waals surface area contributed by atoms with Gasteiger partial charge >= 0.3 is 0 Å². The van der Waals surface area contributed by atoms with E-state index in [0.717, 1.165) is 5.56 Å². The van der Waals surface area contributed by atoms with Crippen LogP contribution in [-0.2, 0) is 20.2 Å². The Balaban J connectivity index is 1.68. The van der Waals surface area contributed by atoms with E-state index in [0.29, 0.717) is 5.76 Å². The summed E-state index contributed by atoms with van der Waals surface area (Å²) in [6.45, 7) is 0.350. The molecule has 0 radical (unpaired) electrons. The van der Waals surface area contributed by atoms with Crippen molar-refractivity contribution in [2.75, 3.05) is 0 Å². The Labute approximate surface area is 148 Å². The Kier molecular flexibility index (Phi) is 5.17. The molecule has 3 rings (SSSR count). The molecule has 0 saturated heterocycles. The van der Waals surface area contributed by atoms with Gasteiger partial charge in [-0.25, -0.2) is 4.39 Å². The van der Waals surface area contributed by atoms with E-state index in [1.807, 2.05) is 0 Å². The maximum Gasteiger partial charge on any atom is 0.268 e. The lowest BCUT2D eigenvalue weighted by Crippen LogP contribution is -2.27. The van der Waals surface area contributed by atoms with Gasteiger partial charge in [0.2, 0.25) is 5.43 Å². The fraction of sp³-hybridized carbons (Fsp3) is 0.158. The van der Waals surface area contributed by atoms with Crippen molar-refractivity contribution in [3.63, 3.8) is 0 Å². The quantitative estimate of drug-likeness (QED) is 0.737. The molecule has 2 aromatic heterocycles. The molecule has 2 heterocycles. The minimum atomic E-state index is -0.409. The van der Waals surface area contributed by atoms with E-state index in [1.165, 1.54) is 35.2 Å². The van der Waals surface area contributed by atoms with Gasteiger partial charge in [-0.15, -0.1) is 0 Å². The monoisotopic (exact) mass is 356 g/mol. The molecule has 0 aliphatic heterocycles. The first kappa shape index (κ1) is 17.5. The average molecular weight is 356 g/mol. The van der Waals surface area contributed by atoms with Crippen molar-refractivity contribution in [1.82, 2.24) is 9.88 Å². The minimum Gasteiger partial charge on any atom is -0.483 e. The second kappa shape index (κ2) is 7.69. The molecule has 0 aliphatic rings. The number of benzene rings is 1. The molecule has 134 valence electrons. The highest BCUT2D eigenvalue weighted by Gasteiger charge is 2.13. The molecule has 1 N–H and O–H groups in total. The second-order valence-corrected chi connectivity index (χ2v) is 5.68. The van der Waals surface area contributed by atoms with Crippen molar-refractivity contribution in [1.29, 1.82) is 0 Å². The summed E-state index contributed by atoms with van der Waals surface area (Å²) in [6.07, 6.45) is 2.97. The molecule has 6 nitrogen and oxygen atoms in total. The van der Waals surface area contributed by atoms with Crippen LogP contribution in [0.2, 0.25) is 0 Å². The van der Waals surface area contributed by atoms with Crippen LogP contribution in [-0.4, -0.2) is 10.5 Å². The van der Waals surface area contributed by atoms with Crippen molar-refractivity contribution >= 4 is 5.91 Å². The third-order valence-electron chi connectivity index (χ3n) is 3.75. The highest BCUT2D eigenvalue weighted by molar-refractivity contribution is 5.92. The fourth-order valence-electron chi connectivity index (χ4n) is 2.35. The summed E-state index contributed by atoms with van der Waals surface area (Å²) >= 11 is 0. The lowest BCUT2D eigenvalue weighted by Gasteiger charge is -2.11. The fourth-order valence-corrected chi connectivity index (χ4v) is 2.35. The van der Waals surface area contributed by atoms with Crippen LogP contribution < -0.4 is 15.5 Å². The summed E-state index contributed by atoms with van der Waals surface area (Å²) in [5.41, 5.74) is 0.526. The largest absolute Gasteiger partial charge is 0.483 e. The third-order valence-corrected chi connectivity index (χ3v) is 3.75. The van der Waals surface area contributed by atoms with E-state index in [4.69, 9.17) is 9.15 Å². The normalized spacial score (nSPS) is 10.5. The van der Waals surface area contributed by atoms with E-state index in [9.17, 15) is 14.0 Å². The van der Waals surface area contributed by atoms with Crippen LogP contribution in [0.25, 0.3) is 0 Å². The van der Waals surface area contributed by atoms with Crippen LogP contribution in [0.15, 0.2) is 64.1 Å². The number of amides is 1. The zero-order valence-electron chi connectivity index (χ0n) is 14.1. The van der Waals surface area contributed by atoms with Crippen LogP contribution in [0.5, 0.6) is 5.75 Å². The first-order chi connectivity index (χ1) is 12.5. The van der Waals surface area contributed by atoms with Crippen molar-refractivity contribution in [2.24, 2.45) is 7.05 Å². The third kappa shape index (κ3) is 4.18. The summed E-state index contributed by atoms with van der Waals surface area (Å²) < 4.78 is 25.1. The highest BCUT2D eigenvalue weighted by Crippen LogP contribution is 2.10. The Morgan fingerprint density at radius 2 is 2.04 bits per heavy atom. The SMILES string of the molecule is Cn1cc(OCc2ccc(F)cc2)c(=O)cc1C(=O)NCc1ccco1. The molecule has 3 aromatic rings. The Hall–Kier alpha value is -3.35. The molecule has 0 unspecified atom stereocenters. The molecular formula is C19H17FN2O4. The van der Waals surface area contributed by atoms with Crippen molar-refractivity contribution < 1.29 is 18.3 Å². The summed E-state index contributed by atoms with van der Waals surface area (Å²) in [6, 6.07) is 10.5. The van der Waals surface area contributed by atoms with Crippen LogP contribution in [0.3, 0.4) is 0 Å². The highest BCUT2D eigenvalue weighted by atomic mass is 19.1. The van der Waals surface area contributed by atoms with Gasteiger partial charge in [-0.2, -0.15) is 0 Å². The molecule has 7 heteroatoms. The lowest BCUT2D eigenvalue weighted by molar-refractivity contribution is 0.0938. The molecule has 0 fully saturated rings. The smallest absolute Gasteiger partial charge is 0.268 e. The Morgan fingerprint density at radius 3 is 2.73 bits per heavy atom. The van der Waals surface area contributed by atoms with Crippen molar-refractivity contribution in [3.05, 3.63) is 88.0 Å². The summed E-state index contributed by atoms with van der Waals surface area (Å²) in [7, 11) is 1.64. The number of ether oxygens (including phenoxy) is 1.